The highest BCUT2D eigenvalue weighted by atomic mass is 16.1. The Balaban J connectivity index is 1.49. The van der Waals surface area contributed by atoms with Gasteiger partial charge >= 0.3 is 0 Å². The number of benzene rings is 1. The number of anilines is 2. The number of nitrogens with one attached hydrogen (secondary N) is 2. The van der Waals surface area contributed by atoms with Crippen LogP contribution >= 0.6 is 0 Å². The number of carbonyl (C=O) groups is 1. The third-order valence-electron chi connectivity index (χ3n) is 4.05. The topological polar surface area (TPSA) is 66.9 Å². The van der Waals surface area contributed by atoms with Crippen molar-refractivity contribution in [2.45, 2.75) is 32.1 Å². The maximum Gasteiger partial charge on any atom is 0.275 e. The minimum absolute atomic E-state index is 0.257. The molecule has 0 aliphatic heterocycles. The second-order valence-electron chi connectivity index (χ2n) is 5.89. The van der Waals surface area contributed by atoms with Crippen molar-refractivity contribution in [3.63, 3.8) is 0 Å². The van der Waals surface area contributed by atoms with Crippen LogP contribution in [0.15, 0.2) is 54.4 Å². The molecular weight excluding hydrogens is 300 g/mol. The van der Waals surface area contributed by atoms with Crippen molar-refractivity contribution in [3.8, 4) is 0 Å². The third-order valence-corrected chi connectivity index (χ3v) is 4.05. The molecule has 3 rings (SSSR count). The van der Waals surface area contributed by atoms with E-state index < -0.39 is 0 Å². The number of allylic oxidation sites excluding steroid dienone is 1. The van der Waals surface area contributed by atoms with Gasteiger partial charge in [0.25, 0.3) is 5.91 Å². The molecule has 1 aliphatic rings. The lowest BCUT2D eigenvalue weighted by atomic mass is 9.97. The van der Waals surface area contributed by atoms with Crippen LogP contribution in [-0.4, -0.2) is 22.4 Å². The SMILES string of the molecule is O=C(Nc1ccccc1)c1cnc(NCCC2=CCCCC2)cn1. The van der Waals surface area contributed by atoms with Crippen molar-refractivity contribution < 1.29 is 4.79 Å². The Morgan fingerprint density at radius 2 is 1.96 bits per heavy atom. The molecule has 0 radical (unpaired) electrons. The Kier molecular flexibility index (Phi) is 5.56. The predicted octanol–water partition coefficient (Wildman–Crippen LogP) is 4.03. The normalized spacial score (nSPS) is 13.9. The van der Waals surface area contributed by atoms with Gasteiger partial charge in [0, 0.05) is 12.2 Å². The highest BCUT2D eigenvalue weighted by Crippen LogP contribution is 2.19. The molecular formula is C19H22N4O. The van der Waals surface area contributed by atoms with Crippen LogP contribution in [0.4, 0.5) is 11.5 Å². The monoisotopic (exact) mass is 322 g/mol. The Morgan fingerprint density at radius 3 is 2.67 bits per heavy atom. The van der Waals surface area contributed by atoms with Gasteiger partial charge in [0.1, 0.15) is 11.5 Å². The molecule has 0 bridgehead atoms. The van der Waals surface area contributed by atoms with Gasteiger partial charge in [-0.15, -0.1) is 0 Å². The van der Waals surface area contributed by atoms with Gasteiger partial charge in [-0.25, -0.2) is 9.97 Å². The first kappa shape index (κ1) is 16.2. The minimum atomic E-state index is -0.257. The van der Waals surface area contributed by atoms with Crippen LogP contribution in [0.25, 0.3) is 0 Å². The average molecular weight is 322 g/mol. The summed E-state index contributed by atoms with van der Waals surface area (Å²) in [7, 11) is 0. The standard InChI is InChI=1S/C19H22N4O/c24-19(23-16-9-5-2-6-10-16)17-13-22-18(14-21-17)20-12-11-15-7-3-1-4-8-15/h2,5-7,9-10,13-14H,1,3-4,8,11-12H2,(H,20,22)(H,23,24). The molecule has 5 nitrogen and oxygen atoms in total. The quantitative estimate of drug-likeness (QED) is 0.788. The number of nitrogens with zero attached hydrogens (tertiary/aromatic N) is 2. The van der Waals surface area contributed by atoms with Gasteiger partial charge in [0.05, 0.1) is 12.4 Å². The first-order chi connectivity index (χ1) is 11.8. The summed E-state index contributed by atoms with van der Waals surface area (Å²) in [5, 5.41) is 6.06. The van der Waals surface area contributed by atoms with E-state index in [1.165, 1.54) is 37.5 Å². The van der Waals surface area contributed by atoms with Gasteiger partial charge < -0.3 is 10.6 Å². The molecule has 0 saturated carbocycles. The molecule has 2 N–H and O–H groups in total. The summed E-state index contributed by atoms with van der Waals surface area (Å²) in [6.07, 6.45) is 11.5. The van der Waals surface area contributed by atoms with Crippen molar-refractivity contribution in [2.24, 2.45) is 0 Å². The number of carbonyl (C=O) groups excluding carboxylic acids is 1. The van der Waals surface area contributed by atoms with Crippen LogP contribution in [-0.2, 0) is 0 Å². The molecule has 0 fully saturated rings. The molecule has 0 unspecified atom stereocenters. The smallest absolute Gasteiger partial charge is 0.275 e. The van der Waals surface area contributed by atoms with E-state index in [0.29, 0.717) is 11.5 Å². The number of hydrogen-bond acceptors (Lipinski definition) is 4. The fourth-order valence-electron chi connectivity index (χ4n) is 2.74. The van der Waals surface area contributed by atoms with E-state index >= 15 is 0 Å². The van der Waals surface area contributed by atoms with E-state index in [0.717, 1.165) is 18.7 Å². The molecule has 2 aromatic rings. The molecule has 5 heteroatoms. The highest BCUT2D eigenvalue weighted by molar-refractivity contribution is 6.02. The van der Waals surface area contributed by atoms with E-state index in [1.807, 2.05) is 30.3 Å². The summed E-state index contributed by atoms with van der Waals surface area (Å²) in [5.74, 6) is 0.440. The Labute approximate surface area is 142 Å². The minimum Gasteiger partial charge on any atom is -0.368 e. The van der Waals surface area contributed by atoms with E-state index in [4.69, 9.17) is 0 Å². The van der Waals surface area contributed by atoms with Crippen molar-refractivity contribution in [1.82, 2.24) is 9.97 Å². The van der Waals surface area contributed by atoms with Crippen molar-refractivity contribution >= 4 is 17.4 Å². The van der Waals surface area contributed by atoms with Gasteiger partial charge in [0.15, 0.2) is 0 Å². The molecule has 1 aromatic carbocycles. The summed E-state index contributed by atoms with van der Waals surface area (Å²) < 4.78 is 0. The number of hydrogen-bond donors (Lipinski definition) is 2. The van der Waals surface area contributed by atoms with Gasteiger partial charge in [-0.3, -0.25) is 4.79 Å². The maximum atomic E-state index is 12.1. The van der Waals surface area contributed by atoms with Gasteiger partial charge in [-0.1, -0.05) is 29.8 Å². The molecule has 24 heavy (non-hydrogen) atoms. The zero-order valence-electron chi connectivity index (χ0n) is 13.7. The molecule has 1 aromatic heterocycles. The second kappa shape index (κ2) is 8.24. The fraction of sp³-hybridized carbons (Fsp3) is 0.316. The zero-order chi connectivity index (χ0) is 16.6. The highest BCUT2D eigenvalue weighted by Gasteiger charge is 2.08. The molecule has 0 spiro atoms. The summed E-state index contributed by atoms with van der Waals surface area (Å²) in [5.41, 5.74) is 2.58. The lowest BCUT2D eigenvalue weighted by Crippen LogP contribution is -2.14. The number of para-hydroxylation sites is 1. The molecule has 0 atom stereocenters. The Hall–Kier alpha value is -2.69. The summed E-state index contributed by atoms with van der Waals surface area (Å²) >= 11 is 0. The largest absolute Gasteiger partial charge is 0.368 e. The van der Waals surface area contributed by atoms with E-state index in [2.05, 4.69) is 26.7 Å². The van der Waals surface area contributed by atoms with E-state index in [-0.39, 0.29) is 5.91 Å². The van der Waals surface area contributed by atoms with Gasteiger partial charge in [-0.05, 0) is 44.2 Å². The van der Waals surface area contributed by atoms with Crippen molar-refractivity contribution in [3.05, 3.63) is 60.1 Å². The van der Waals surface area contributed by atoms with Crippen LogP contribution in [0.5, 0.6) is 0 Å². The Bertz CT molecular complexity index is 695. The fourth-order valence-corrected chi connectivity index (χ4v) is 2.74. The predicted molar refractivity (Wildman–Crippen MR) is 96.1 cm³/mol. The Morgan fingerprint density at radius 1 is 1.08 bits per heavy atom. The second-order valence-corrected chi connectivity index (χ2v) is 5.89. The van der Waals surface area contributed by atoms with Crippen molar-refractivity contribution in [2.75, 3.05) is 17.2 Å². The summed E-state index contributed by atoms with van der Waals surface area (Å²) in [6, 6.07) is 9.31. The van der Waals surface area contributed by atoms with Gasteiger partial charge in [-0.2, -0.15) is 0 Å². The lowest BCUT2D eigenvalue weighted by molar-refractivity contribution is 0.102. The maximum absolute atomic E-state index is 12.1. The number of aromatic nitrogens is 2. The average Bonchev–Trinajstić information content (AvgIpc) is 2.64. The summed E-state index contributed by atoms with van der Waals surface area (Å²) in [6.45, 7) is 0.843. The first-order valence-corrected chi connectivity index (χ1v) is 8.41. The number of amides is 1. The lowest BCUT2D eigenvalue weighted by Gasteiger charge is -2.13. The van der Waals surface area contributed by atoms with Crippen LogP contribution in [0, 0.1) is 0 Å². The first-order valence-electron chi connectivity index (χ1n) is 8.41. The van der Waals surface area contributed by atoms with Crippen molar-refractivity contribution in [1.29, 1.82) is 0 Å². The van der Waals surface area contributed by atoms with Crippen LogP contribution in [0.2, 0.25) is 0 Å². The molecule has 124 valence electrons. The van der Waals surface area contributed by atoms with Gasteiger partial charge in [0.2, 0.25) is 0 Å². The van der Waals surface area contributed by atoms with E-state index in [1.54, 1.807) is 6.20 Å². The molecule has 1 amide bonds. The molecule has 1 heterocycles. The van der Waals surface area contributed by atoms with Crippen LogP contribution in [0.3, 0.4) is 0 Å². The van der Waals surface area contributed by atoms with Crippen LogP contribution < -0.4 is 10.6 Å². The zero-order valence-corrected chi connectivity index (χ0v) is 13.7. The molecule has 0 saturated heterocycles. The summed E-state index contributed by atoms with van der Waals surface area (Å²) in [4.78, 5) is 20.6. The van der Waals surface area contributed by atoms with Crippen LogP contribution in [0.1, 0.15) is 42.6 Å². The van der Waals surface area contributed by atoms with E-state index in [9.17, 15) is 4.79 Å². The third kappa shape index (κ3) is 4.65. The molecule has 1 aliphatic carbocycles. The number of rotatable bonds is 6.